The monoisotopic (exact) mass is 367 g/mol. The van der Waals surface area contributed by atoms with Crippen molar-refractivity contribution in [3.8, 4) is 0 Å². The van der Waals surface area contributed by atoms with Gasteiger partial charge in [-0.15, -0.1) is 0 Å². The van der Waals surface area contributed by atoms with Crippen LogP contribution in [0.15, 0.2) is 48.5 Å². The van der Waals surface area contributed by atoms with Gasteiger partial charge in [0.25, 0.3) is 11.8 Å². The molecule has 2 aromatic carbocycles. The van der Waals surface area contributed by atoms with E-state index in [2.05, 4.69) is 10.6 Å². The first-order chi connectivity index (χ1) is 13.0. The van der Waals surface area contributed by atoms with Crippen LogP contribution >= 0.6 is 0 Å². The van der Waals surface area contributed by atoms with E-state index in [1.165, 1.54) is 4.90 Å². The molecule has 0 heterocycles. The summed E-state index contributed by atoms with van der Waals surface area (Å²) in [5.41, 5.74) is 2.40. The van der Waals surface area contributed by atoms with E-state index in [1.54, 1.807) is 49.5 Å². The summed E-state index contributed by atoms with van der Waals surface area (Å²) in [6.45, 7) is 4.29. The van der Waals surface area contributed by atoms with Gasteiger partial charge in [0, 0.05) is 30.4 Å². The predicted molar refractivity (Wildman–Crippen MR) is 106 cm³/mol. The Morgan fingerprint density at radius 2 is 1.70 bits per heavy atom. The lowest BCUT2D eigenvalue weighted by atomic mass is 10.1. The van der Waals surface area contributed by atoms with E-state index < -0.39 is 0 Å². The van der Waals surface area contributed by atoms with Gasteiger partial charge in [-0.25, -0.2) is 0 Å². The first-order valence-corrected chi connectivity index (χ1v) is 8.93. The van der Waals surface area contributed by atoms with E-state index in [0.29, 0.717) is 23.4 Å². The van der Waals surface area contributed by atoms with Crippen molar-refractivity contribution in [1.29, 1.82) is 0 Å². The normalized spacial score (nSPS) is 10.2. The quantitative estimate of drug-likeness (QED) is 0.790. The zero-order valence-electron chi connectivity index (χ0n) is 15.9. The van der Waals surface area contributed by atoms with E-state index in [0.717, 1.165) is 12.0 Å². The van der Waals surface area contributed by atoms with E-state index in [9.17, 15) is 14.4 Å². The number of rotatable bonds is 7. The summed E-state index contributed by atoms with van der Waals surface area (Å²) in [6, 6.07) is 14.0. The first-order valence-electron chi connectivity index (χ1n) is 8.93. The summed E-state index contributed by atoms with van der Waals surface area (Å²) < 4.78 is 0. The van der Waals surface area contributed by atoms with Crippen molar-refractivity contribution < 1.29 is 14.4 Å². The number of likely N-dealkylation sites (N-methyl/N-ethyl adjacent to an activating group) is 1. The van der Waals surface area contributed by atoms with Crippen molar-refractivity contribution in [2.75, 3.05) is 25.5 Å². The summed E-state index contributed by atoms with van der Waals surface area (Å²) in [5.74, 6) is -0.698. The van der Waals surface area contributed by atoms with Crippen molar-refractivity contribution in [1.82, 2.24) is 10.2 Å². The van der Waals surface area contributed by atoms with Gasteiger partial charge in [0.2, 0.25) is 5.91 Å². The average Bonchev–Trinajstić information content (AvgIpc) is 2.69. The summed E-state index contributed by atoms with van der Waals surface area (Å²) in [4.78, 5) is 38.4. The molecule has 2 rings (SSSR count). The molecule has 142 valence electrons. The number of nitrogens with one attached hydrogen (secondary N) is 2. The van der Waals surface area contributed by atoms with Gasteiger partial charge in [0.05, 0.1) is 6.54 Å². The lowest BCUT2D eigenvalue weighted by molar-refractivity contribution is -0.121. The van der Waals surface area contributed by atoms with Crippen LogP contribution in [0.2, 0.25) is 0 Å². The van der Waals surface area contributed by atoms with E-state index in [4.69, 9.17) is 0 Å². The second-order valence-corrected chi connectivity index (χ2v) is 6.25. The Bertz CT molecular complexity index is 819. The van der Waals surface area contributed by atoms with Crippen molar-refractivity contribution in [3.05, 3.63) is 65.2 Å². The molecule has 3 amide bonds. The Kier molecular flexibility index (Phi) is 7.11. The molecule has 2 aromatic rings. The van der Waals surface area contributed by atoms with Gasteiger partial charge < -0.3 is 15.5 Å². The minimum absolute atomic E-state index is 0.00274. The summed E-state index contributed by atoms with van der Waals surface area (Å²) in [7, 11) is 1.54. The van der Waals surface area contributed by atoms with Gasteiger partial charge in [-0.05, 0) is 43.2 Å². The second kappa shape index (κ2) is 9.52. The van der Waals surface area contributed by atoms with E-state index >= 15 is 0 Å². The van der Waals surface area contributed by atoms with Crippen molar-refractivity contribution in [3.63, 3.8) is 0 Å². The van der Waals surface area contributed by atoms with Gasteiger partial charge in [0.1, 0.15) is 0 Å². The molecule has 6 heteroatoms. The fraction of sp³-hybridized carbons (Fsp3) is 0.286. The highest BCUT2D eigenvalue weighted by atomic mass is 16.2. The molecule has 0 atom stereocenters. The number of carbonyl (C=O) groups is 3. The number of nitrogens with zero attached hydrogens (tertiary/aromatic N) is 1. The third-order valence-electron chi connectivity index (χ3n) is 4.16. The number of hydrogen-bond donors (Lipinski definition) is 2. The number of aryl methyl sites for hydroxylation is 1. The van der Waals surface area contributed by atoms with Crippen LogP contribution in [0.4, 0.5) is 5.69 Å². The molecular weight excluding hydrogens is 342 g/mol. The molecule has 6 nitrogen and oxygen atoms in total. The molecule has 0 saturated carbocycles. The van der Waals surface area contributed by atoms with E-state index in [1.807, 2.05) is 19.9 Å². The summed E-state index contributed by atoms with van der Waals surface area (Å²) in [6.07, 6.45) is 0.742. The zero-order valence-corrected chi connectivity index (χ0v) is 15.9. The third-order valence-corrected chi connectivity index (χ3v) is 4.16. The second-order valence-electron chi connectivity index (χ2n) is 6.25. The molecule has 0 aliphatic rings. The number of anilines is 1. The van der Waals surface area contributed by atoms with Crippen LogP contribution in [0.1, 0.15) is 39.6 Å². The molecule has 0 bridgehead atoms. The van der Waals surface area contributed by atoms with Gasteiger partial charge in [-0.3, -0.25) is 14.4 Å². The highest BCUT2D eigenvalue weighted by Crippen LogP contribution is 2.19. The molecule has 0 fully saturated rings. The molecule has 0 aliphatic heterocycles. The van der Waals surface area contributed by atoms with Crippen LogP contribution in [0.3, 0.4) is 0 Å². The van der Waals surface area contributed by atoms with Crippen LogP contribution in [0, 0.1) is 6.92 Å². The third kappa shape index (κ3) is 5.41. The lowest BCUT2D eigenvalue weighted by Gasteiger charge is -2.22. The minimum Gasteiger partial charge on any atom is -0.358 e. The predicted octanol–water partition coefficient (Wildman–Crippen LogP) is 2.85. The van der Waals surface area contributed by atoms with Gasteiger partial charge >= 0.3 is 0 Å². The molecule has 0 spiro atoms. The topological polar surface area (TPSA) is 78.5 Å². The van der Waals surface area contributed by atoms with E-state index in [-0.39, 0.29) is 24.3 Å². The smallest absolute Gasteiger partial charge is 0.255 e. The lowest BCUT2D eigenvalue weighted by Crippen LogP contribution is -2.40. The number of amides is 3. The Labute approximate surface area is 159 Å². The summed E-state index contributed by atoms with van der Waals surface area (Å²) in [5, 5.41) is 5.39. The standard InChI is InChI=1S/C21H25N3O3/c1-4-12-24(14-19(25)22-3)21(27)17-11-10-15(2)18(13-17)23-20(26)16-8-6-5-7-9-16/h5-11,13H,4,12,14H2,1-3H3,(H,22,25)(H,23,26). The van der Waals surface area contributed by atoms with Crippen LogP contribution in [-0.2, 0) is 4.79 Å². The van der Waals surface area contributed by atoms with Crippen molar-refractivity contribution in [2.45, 2.75) is 20.3 Å². The number of hydrogen-bond acceptors (Lipinski definition) is 3. The molecule has 0 unspecified atom stereocenters. The van der Waals surface area contributed by atoms with Crippen LogP contribution < -0.4 is 10.6 Å². The Hall–Kier alpha value is -3.15. The van der Waals surface area contributed by atoms with Crippen LogP contribution in [0.5, 0.6) is 0 Å². The van der Waals surface area contributed by atoms with Crippen molar-refractivity contribution in [2.24, 2.45) is 0 Å². The van der Waals surface area contributed by atoms with Gasteiger partial charge in [-0.1, -0.05) is 31.2 Å². The van der Waals surface area contributed by atoms with Gasteiger partial charge in [-0.2, -0.15) is 0 Å². The highest BCUT2D eigenvalue weighted by Gasteiger charge is 2.19. The number of benzene rings is 2. The molecular formula is C21H25N3O3. The van der Waals surface area contributed by atoms with Crippen LogP contribution in [0.25, 0.3) is 0 Å². The Morgan fingerprint density at radius 3 is 2.33 bits per heavy atom. The molecule has 27 heavy (non-hydrogen) atoms. The van der Waals surface area contributed by atoms with Crippen molar-refractivity contribution >= 4 is 23.4 Å². The molecule has 0 aliphatic carbocycles. The number of carbonyl (C=O) groups excluding carboxylic acids is 3. The average molecular weight is 367 g/mol. The maximum Gasteiger partial charge on any atom is 0.255 e. The summed E-state index contributed by atoms with van der Waals surface area (Å²) >= 11 is 0. The molecule has 0 aromatic heterocycles. The maximum atomic E-state index is 12.8. The Balaban J connectivity index is 2.23. The largest absolute Gasteiger partial charge is 0.358 e. The zero-order chi connectivity index (χ0) is 19.8. The molecule has 2 N–H and O–H groups in total. The molecule has 0 saturated heterocycles. The highest BCUT2D eigenvalue weighted by molar-refractivity contribution is 6.05. The van der Waals surface area contributed by atoms with Gasteiger partial charge in [0.15, 0.2) is 0 Å². The fourth-order valence-corrected chi connectivity index (χ4v) is 2.63. The van der Waals surface area contributed by atoms with Crippen LogP contribution in [-0.4, -0.2) is 42.8 Å². The fourth-order valence-electron chi connectivity index (χ4n) is 2.63. The SMILES string of the molecule is CCCN(CC(=O)NC)C(=O)c1ccc(C)c(NC(=O)c2ccccc2)c1. The maximum absolute atomic E-state index is 12.8. The Morgan fingerprint density at radius 1 is 1.00 bits per heavy atom. The first kappa shape index (κ1) is 20.2. The minimum atomic E-state index is -0.240. The molecule has 0 radical (unpaired) electrons.